The van der Waals surface area contributed by atoms with E-state index in [0.717, 1.165) is 18.2 Å². The van der Waals surface area contributed by atoms with Crippen LogP contribution in [0.3, 0.4) is 0 Å². The van der Waals surface area contributed by atoms with Crippen LogP contribution in [-0.4, -0.2) is 17.9 Å². The molecule has 1 aliphatic heterocycles. The maximum atomic E-state index is 13.7. The highest BCUT2D eigenvalue weighted by molar-refractivity contribution is 6.30. The van der Waals surface area contributed by atoms with Gasteiger partial charge in [-0.3, -0.25) is 9.59 Å². The average Bonchev–Trinajstić information content (AvgIpc) is 3.18. The van der Waals surface area contributed by atoms with Gasteiger partial charge in [-0.1, -0.05) is 11.6 Å². The fourth-order valence-electron chi connectivity index (χ4n) is 3.35. The van der Waals surface area contributed by atoms with Gasteiger partial charge in [-0.15, -0.1) is 0 Å². The zero-order valence-electron chi connectivity index (χ0n) is 16.7. The van der Waals surface area contributed by atoms with Crippen molar-refractivity contribution in [1.82, 2.24) is 0 Å². The van der Waals surface area contributed by atoms with Crippen molar-refractivity contribution in [3.63, 3.8) is 0 Å². The van der Waals surface area contributed by atoms with E-state index in [1.807, 2.05) is 0 Å². The number of ether oxygens (including phenoxy) is 1. The first-order chi connectivity index (χ1) is 15.6. The summed E-state index contributed by atoms with van der Waals surface area (Å²) in [7, 11) is 0. The van der Waals surface area contributed by atoms with Crippen molar-refractivity contribution in [2.75, 3.05) is 10.6 Å². The highest BCUT2D eigenvalue weighted by Gasteiger charge is 2.36. The molecule has 0 fully saturated rings. The lowest BCUT2D eigenvalue weighted by Crippen LogP contribution is -2.32. The SMILES string of the molecule is O=C(Nc1ccc(NC(=O)C2Cc3cc(Cl)ccc3O2)c(C(F)(F)F)c1)c1ccc(F)cc1. The number of amides is 2. The molecular formula is C23H15ClF4N2O3. The van der Waals surface area contributed by atoms with Crippen LogP contribution in [0.15, 0.2) is 60.7 Å². The summed E-state index contributed by atoms with van der Waals surface area (Å²) in [6, 6.07) is 12.3. The Morgan fingerprint density at radius 1 is 0.970 bits per heavy atom. The van der Waals surface area contributed by atoms with Crippen molar-refractivity contribution in [2.45, 2.75) is 18.7 Å². The Labute approximate surface area is 190 Å². The number of halogens is 5. The first-order valence-corrected chi connectivity index (χ1v) is 10.0. The minimum absolute atomic E-state index is 0.0698. The number of benzene rings is 3. The monoisotopic (exact) mass is 478 g/mol. The number of carbonyl (C=O) groups excluding carboxylic acids is 2. The summed E-state index contributed by atoms with van der Waals surface area (Å²) in [4.78, 5) is 24.8. The van der Waals surface area contributed by atoms with Gasteiger partial charge in [0.15, 0.2) is 6.10 Å². The molecule has 5 nitrogen and oxygen atoms in total. The van der Waals surface area contributed by atoms with Gasteiger partial charge in [-0.2, -0.15) is 13.2 Å². The molecule has 3 aromatic rings. The molecule has 0 bridgehead atoms. The van der Waals surface area contributed by atoms with Gasteiger partial charge in [0, 0.05) is 22.7 Å². The molecule has 1 aliphatic rings. The van der Waals surface area contributed by atoms with Crippen LogP contribution < -0.4 is 15.4 Å². The molecule has 2 amide bonds. The van der Waals surface area contributed by atoms with Crippen LogP contribution in [0.25, 0.3) is 0 Å². The fraction of sp³-hybridized carbons (Fsp3) is 0.130. The second kappa shape index (κ2) is 8.74. The second-order valence-corrected chi connectivity index (χ2v) is 7.71. The standard InChI is InChI=1S/C23H15ClF4N2O3/c24-14-3-8-19-13(9-14)10-20(33-19)22(32)30-18-7-6-16(11-17(18)23(26,27)28)29-21(31)12-1-4-15(25)5-2-12/h1-9,11,20H,10H2,(H,29,31)(H,30,32). The second-order valence-electron chi connectivity index (χ2n) is 7.27. The van der Waals surface area contributed by atoms with Gasteiger partial charge in [0.05, 0.1) is 11.3 Å². The van der Waals surface area contributed by atoms with E-state index in [1.165, 1.54) is 18.2 Å². The van der Waals surface area contributed by atoms with Gasteiger partial charge in [-0.05, 0) is 66.2 Å². The minimum Gasteiger partial charge on any atom is -0.480 e. The molecule has 3 aromatic carbocycles. The summed E-state index contributed by atoms with van der Waals surface area (Å²) in [5.41, 5.74) is -1.03. The van der Waals surface area contributed by atoms with Gasteiger partial charge in [-0.25, -0.2) is 4.39 Å². The Morgan fingerprint density at radius 3 is 2.39 bits per heavy atom. The van der Waals surface area contributed by atoms with Gasteiger partial charge in [0.2, 0.25) is 0 Å². The lowest BCUT2D eigenvalue weighted by Gasteiger charge is -2.17. The van der Waals surface area contributed by atoms with E-state index < -0.39 is 41.2 Å². The molecule has 2 N–H and O–H groups in total. The summed E-state index contributed by atoms with van der Waals surface area (Å²) in [5.74, 6) is -1.58. The number of alkyl halides is 3. The van der Waals surface area contributed by atoms with Crippen molar-refractivity contribution < 1.29 is 31.9 Å². The molecular weight excluding hydrogens is 464 g/mol. The summed E-state index contributed by atoms with van der Waals surface area (Å²) in [6.07, 6.45) is -5.67. The molecule has 1 heterocycles. The van der Waals surface area contributed by atoms with Gasteiger partial charge >= 0.3 is 6.18 Å². The number of anilines is 2. The largest absolute Gasteiger partial charge is 0.480 e. The number of rotatable bonds is 4. The molecule has 170 valence electrons. The van der Waals surface area contributed by atoms with Crippen molar-refractivity contribution in [3.05, 3.63) is 88.2 Å². The summed E-state index contributed by atoms with van der Waals surface area (Å²) < 4.78 is 59.5. The van der Waals surface area contributed by atoms with E-state index in [2.05, 4.69) is 10.6 Å². The number of hydrogen-bond acceptors (Lipinski definition) is 3. The molecule has 1 unspecified atom stereocenters. The van der Waals surface area contributed by atoms with Crippen molar-refractivity contribution in [1.29, 1.82) is 0 Å². The van der Waals surface area contributed by atoms with Crippen LogP contribution in [0.5, 0.6) is 5.75 Å². The molecule has 4 rings (SSSR count). The molecule has 33 heavy (non-hydrogen) atoms. The lowest BCUT2D eigenvalue weighted by molar-refractivity contribution is -0.137. The van der Waals surface area contributed by atoms with Gasteiger partial charge in [0.1, 0.15) is 11.6 Å². The topological polar surface area (TPSA) is 67.4 Å². The Balaban J connectivity index is 1.52. The first kappa shape index (κ1) is 22.6. The predicted octanol–water partition coefficient (Wildman–Crippen LogP) is 5.69. The first-order valence-electron chi connectivity index (χ1n) is 9.64. The van der Waals surface area contributed by atoms with Crippen molar-refractivity contribution >= 4 is 34.8 Å². The molecule has 0 saturated heterocycles. The van der Waals surface area contributed by atoms with E-state index in [1.54, 1.807) is 18.2 Å². The Kier molecular flexibility index (Phi) is 5.99. The van der Waals surface area contributed by atoms with Crippen LogP contribution in [0.1, 0.15) is 21.5 Å². The smallest absolute Gasteiger partial charge is 0.418 e. The van der Waals surface area contributed by atoms with Crippen LogP contribution in [0.2, 0.25) is 5.02 Å². The zero-order chi connectivity index (χ0) is 23.8. The lowest BCUT2D eigenvalue weighted by atomic mass is 10.1. The third-order valence-corrected chi connectivity index (χ3v) is 5.17. The maximum Gasteiger partial charge on any atom is 0.418 e. The third-order valence-electron chi connectivity index (χ3n) is 4.94. The normalized spacial score (nSPS) is 14.9. The van der Waals surface area contributed by atoms with E-state index >= 15 is 0 Å². The van der Waals surface area contributed by atoms with Gasteiger partial charge < -0.3 is 15.4 Å². The Morgan fingerprint density at radius 2 is 1.70 bits per heavy atom. The van der Waals surface area contributed by atoms with E-state index in [-0.39, 0.29) is 17.7 Å². The molecule has 0 radical (unpaired) electrons. The third kappa shape index (κ3) is 5.09. The number of nitrogens with one attached hydrogen (secondary N) is 2. The fourth-order valence-corrected chi connectivity index (χ4v) is 3.54. The summed E-state index contributed by atoms with van der Waals surface area (Å²) >= 11 is 5.92. The van der Waals surface area contributed by atoms with Crippen LogP contribution in [0.4, 0.5) is 28.9 Å². The highest BCUT2D eigenvalue weighted by atomic mass is 35.5. The Hall–Kier alpha value is -3.59. The molecule has 0 saturated carbocycles. The summed E-state index contributed by atoms with van der Waals surface area (Å²) in [5, 5.41) is 5.04. The van der Waals surface area contributed by atoms with E-state index in [0.29, 0.717) is 22.4 Å². The zero-order valence-corrected chi connectivity index (χ0v) is 17.4. The molecule has 0 aliphatic carbocycles. The van der Waals surface area contributed by atoms with Crippen LogP contribution in [0, 0.1) is 5.82 Å². The number of carbonyl (C=O) groups is 2. The summed E-state index contributed by atoms with van der Waals surface area (Å²) in [6.45, 7) is 0. The van der Waals surface area contributed by atoms with Crippen molar-refractivity contribution in [2.24, 2.45) is 0 Å². The van der Waals surface area contributed by atoms with E-state index in [9.17, 15) is 27.2 Å². The average molecular weight is 479 g/mol. The molecule has 0 aromatic heterocycles. The van der Waals surface area contributed by atoms with E-state index in [4.69, 9.17) is 16.3 Å². The maximum absolute atomic E-state index is 13.7. The highest BCUT2D eigenvalue weighted by Crippen LogP contribution is 2.37. The van der Waals surface area contributed by atoms with Gasteiger partial charge in [0.25, 0.3) is 11.8 Å². The molecule has 1 atom stereocenters. The quantitative estimate of drug-likeness (QED) is 0.473. The number of hydrogen-bond donors (Lipinski definition) is 2. The van der Waals surface area contributed by atoms with Crippen molar-refractivity contribution in [3.8, 4) is 5.75 Å². The van der Waals surface area contributed by atoms with Crippen LogP contribution >= 0.6 is 11.6 Å². The number of fused-ring (bicyclic) bond motifs is 1. The molecule has 0 spiro atoms. The minimum atomic E-state index is -4.81. The molecule has 10 heteroatoms. The van der Waals surface area contributed by atoms with Crippen LogP contribution in [-0.2, 0) is 17.4 Å². The predicted molar refractivity (Wildman–Crippen MR) is 114 cm³/mol. The Bertz CT molecular complexity index is 1230.